The molecule has 1 aromatic heterocycles. The zero-order chi connectivity index (χ0) is 11.4. The van der Waals surface area contributed by atoms with Crippen LogP contribution in [0.2, 0.25) is 0 Å². The fourth-order valence-electron chi connectivity index (χ4n) is 2.36. The van der Waals surface area contributed by atoms with Crippen LogP contribution in [0.5, 0.6) is 0 Å². The van der Waals surface area contributed by atoms with Gasteiger partial charge in [-0.2, -0.15) is 4.98 Å². The minimum absolute atomic E-state index is 0.637. The highest BCUT2D eigenvalue weighted by Crippen LogP contribution is 2.17. The molecule has 0 saturated carbocycles. The second-order valence-electron chi connectivity index (χ2n) is 4.49. The van der Waals surface area contributed by atoms with E-state index in [0.29, 0.717) is 12.1 Å². The van der Waals surface area contributed by atoms with Crippen molar-refractivity contribution < 1.29 is 4.52 Å². The summed E-state index contributed by atoms with van der Waals surface area (Å²) in [6, 6.07) is 1.31. The van der Waals surface area contributed by atoms with Crippen LogP contribution in [0.15, 0.2) is 10.9 Å². The first kappa shape index (κ1) is 11.5. The van der Waals surface area contributed by atoms with E-state index in [1.165, 1.54) is 19.2 Å². The summed E-state index contributed by atoms with van der Waals surface area (Å²) in [6.45, 7) is 4.47. The van der Waals surface area contributed by atoms with Gasteiger partial charge in [-0.15, -0.1) is 0 Å². The molecule has 0 spiro atoms. The maximum atomic E-state index is 4.73. The second kappa shape index (κ2) is 5.41. The van der Waals surface area contributed by atoms with E-state index >= 15 is 0 Å². The summed E-state index contributed by atoms with van der Waals surface area (Å²) >= 11 is 0. The fourth-order valence-corrected chi connectivity index (χ4v) is 2.36. The Morgan fingerprint density at radius 3 is 3.12 bits per heavy atom. The van der Waals surface area contributed by atoms with E-state index in [1.807, 2.05) is 7.05 Å². The molecular formula is C11H20N4O. The van der Waals surface area contributed by atoms with Crippen molar-refractivity contribution in [1.29, 1.82) is 0 Å². The number of hydrogen-bond donors (Lipinski definition) is 1. The lowest BCUT2D eigenvalue weighted by molar-refractivity contribution is 0.139. The van der Waals surface area contributed by atoms with Gasteiger partial charge in [-0.3, -0.25) is 0 Å². The van der Waals surface area contributed by atoms with Crippen molar-refractivity contribution in [3.05, 3.63) is 12.2 Å². The monoisotopic (exact) mass is 224 g/mol. The quantitative estimate of drug-likeness (QED) is 0.815. The molecule has 2 atom stereocenters. The summed E-state index contributed by atoms with van der Waals surface area (Å²) in [6.07, 6.45) is 4.73. The molecule has 16 heavy (non-hydrogen) atoms. The van der Waals surface area contributed by atoms with Gasteiger partial charge in [0.05, 0.1) is 0 Å². The number of nitrogens with zero attached hydrogens (tertiary/aromatic N) is 3. The maximum Gasteiger partial charge on any atom is 0.213 e. The predicted molar refractivity (Wildman–Crippen MR) is 61.1 cm³/mol. The van der Waals surface area contributed by atoms with Crippen LogP contribution in [0.25, 0.3) is 0 Å². The highest BCUT2D eigenvalue weighted by Gasteiger charge is 2.24. The predicted octanol–water partition coefficient (Wildman–Crippen LogP) is 0.684. The summed E-state index contributed by atoms with van der Waals surface area (Å²) in [5.41, 5.74) is 0. The summed E-state index contributed by atoms with van der Waals surface area (Å²) in [4.78, 5) is 6.54. The van der Waals surface area contributed by atoms with Gasteiger partial charge in [0.15, 0.2) is 5.82 Å². The zero-order valence-electron chi connectivity index (χ0n) is 10.0. The summed E-state index contributed by atoms with van der Waals surface area (Å²) in [5.74, 6) is 0.808. The minimum Gasteiger partial charge on any atom is -0.343 e. The highest BCUT2D eigenvalue weighted by molar-refractivity contribution is 4.85. The number of aromatic nitrogens is 2. The molecule has 0 aromatic carbocycles. The van der Waals surface area contributed by atoms with E-state index in [1.54, 1.807) is 0 Å². The molecule has 5 heteroatoms. The van der Waals surface area contributed by atoms with E-state index in [0.717, 1.165) is 25.3 Å². The molecule has 1 aromatic rings. The number of piperidine rings is 1. The molecule has 0 amide bonds. The van der Waals surface area contributed by atoms with E-state index < -0.39 is 0 Å². The SMILES string of the molecule is CNC1CCN(CCc2ncon2)C(C)C1. The number of hydrogen-bond acceptors (Lipinski definition) is 5. The second-order valence-corrected chi connectivity index (χ2v) is 4.49. The molecule has 0 aliphatic carbocycles. The number of rotatable bonds is 4. The molecule has 1 saturated heterocycles. The summed E-state index contributed by atoms with van der Waals surface area (Å²) in [7, 11) is 2.05. The lowest BCUT2D eigenvalue weighted by Crippen LogP contribution is -2.47. The van der Waals surface area contributed by atoms with Gasteiger partial charge in [-0.1, -0.05) is 5.16 Å². The maximum absolute atomic E-state index is 4.73. The van der Waals surface area contributed by atoms with Gasteiger partial charge in [0.2, 0.25) is 6.39 Å². The molecule has 1 N–H and O–H groups in total. The first-order chi connectivity index (χ1) is 7.79. The van der Waals surface area contributed by atoms with Crippen molar-refractivity contribution in [2.45, 2.75) is 38.3 Å². The molecule has 90 valence electrons. The van der Waals surface area contributed by atoms with Gasteiger partial charge in [-0.25, -0.2) is 0 Å². The zero-order valence-corrected chi connectivity index (χ0v) is 10.0. The Morgan fingerprint density at radius 2 is 2.50 bits per heavy atom. The molecule has 0 radical (unpaired) electrons. The van der Waals surface area contributed by atoms with Crippen LogP contribution in [-0.4, -0.2) is 47.3 Å². The third kappa shape index (κ3) is 2.80. The van der Waals surface area contributed by atoms with Crippen molar-refractivity contribution in [3.63, 3.8) is 0 Å². The van der Waals surface area contributed by atoms with Crippen molar-refractivity contribution in [3.8, 4) is 0 Å². The molecule has 0 bridgehead atoms. The smallest absolute Gasteiger partial charge is 0.213 e. The molecule has 1 fully saturated rings. The van der Waals surface area contributed by atoms with Crippen LogP contribution in [0.1, 0.15) is 25.6 Å². The van der Waals surface area contributed by atoms with Crippen LogP contribution in [0.4, 0.5) is 0 Å². The molecular weight excluding hydrogens is 204 g/mol. The van der Waals surface area contributed by atoms with Crippen LogP contribution in [-0.2, 0) is 6.42 Å². The van der Waals surface area contributed by atoms with Crippen LogP contribution < -0.4 is 5.32 Å². The van der Waals surface area contributed by atoms with Crippen molar-refractivity contribution in [2.24, 2.45) is 0 Å². The van der Waals surface area contributed by atoms with Crippen LogP contribution >= 0.6 is 0 Å². The Hall–Kier alpha value is -0.940. The highest BCUT2D eigenvalue weighted by atomic mass is 16.5. The minimum atomic E-state index is 0.637. The molecule has 1 aliphatic rings. The molecule has 5 nitrogen and oxygen atoms in total. The first-order valence-electron chi connectivity index (χ1n) is 5.96. The van der Waals surface area contributed by atoms with Gasteiger partial charge < -0.3 is 14.7 Å². The Morgan fingerprint density at radius 1 is 1.62 bits per heavy atom. The average Bonchev–Trinajstić information content (AvgIpc) is 2.80. The van der Waals surface area contributed by atoms with Crippen molar-refractivity contribution in [1.82, 2.24) is 20.4 Å². The lowest BCUT2D eigenvalue weighted by atomic mass is 9.98. The summed E-state index contributed by atoms with van der Waals surface area (Å²) < 4.78 is 4.73. The average molecular weight is 224 g/mol. The Kier molecular flexibility index (Phi) is 3.90. The molecule has 2 rings (SSSR count). The number of likely N-dealkylation sites (tertiary alicyclic amines) is 1. The largest absolute Gasteiger partial charge is 0.343 e. The van der Waals surface area contributed by atoms with Gasteiger partial charge in [0.25, 0.3) is 0 Å². The van der Waals surface area contributed by atoms with Gasteiger partial charge in [-0.05, 0) is 33.4 Å². The normalized spacial score (nSPS) is 27.1. The first-order valence-corrected chi connectivity index (χ1v) is 5.96. The van der Waals surface area contributed by atoms with Gasteiger partial charge in [0.1, 0.15) is 0 Å². The molecule has 1 aliphatic heterocycles. The Bertz CT molecular complexity index is 301. The number of nitrogens with one attached hydrogen (secondary N) is 1. The summed E-state index contributed by atoms with van der Waals surface area (Å²) in [5, 5.41) is 7.19. The van der Waals surface area contributed by atoms with Crippen LogP contribution in [0, 0.1) is 0 Å². The third-order valence-electron chi connectivity index (χ3n) is 3.45. The standard InChI is InChI=1S/C11H20N4O/c1-9-7-10(12-2)3-5-15(9)6-4-11-13-8-16-14-11/h8-10,12H,3-7H2,1-2H3. The van der Waals surface area contributed by atoms with E-state index in [2.05, 4.69) is 27.3 Å². The Labute approximate surface area is 96.2 Å². The van der Waals surface area contributed by atoms with E-state index in [9.17, 15) is 0 Å². The van der Waals surface area contributed by atoms with Crippen molar-refractivity contribution in [2.75, 3.05) is 20.1 Å². The van der Waals surface area contributed by atoms with E-state index in [-0.39, 0.29) is 0 Å². The molecule has 2 unspecified atom stereocenters. The van der Waals surface area contributed by atoms with E-state index in [4.69, 9.17) is 4.52 Å². The molecule has 2 heterocycles. The van der Waals surface area contributed by atoms with Gasteiger partial charge >= 0.3 is 0 Å². The lowest BCUT2D eigenvalue weighted by Gasteiger charge is -2.37. The topological polar surface area (TPSA) is 54.2 Å². The third-order valence-corrected chi connectivity index (χ3v) is 3.45. The van der Waals surface area contributed by atoms with Crippen LogP contribution in [0.3, 0.4) is 0 Å². The van der Waals surface area contributed by atoms with Gasteiger partial charge in [0, 0.05) is 25.0 Å². The fraction of sp³-hybridized carbons (Fsp3) is 0.818. The van der Waals surface area contributed by atoms with Crippen molar-refractivity contribution >= 4 is 0 Å². The Balaban J connectivity index is 1.78.